The van der Waals surface area contributed by atoms with E-state index in [1.807, 2.05) is 12.1 Å². The molecule has 0 spiro atoms. The highest BCUT2D eigenvalue weighted by Gasteiger charge is 2.30. The van der Waals surface area contributed by atoms with Gasteiger partial charge in [0.15, 0.2) is 0 Å². The van der Waals surface area contributed by atoms with Gasteiger partial charge >= 0.3 is 0 Å². The Labute approximate surface area is 153 Å². The van der Waals surface area contributed by atoms with Crippen LogP contribution in [0.1, 0.15) is 41.6 Å². The van der Waals surface area contributed by atoms with E-state index in [2.05, 4.69) is 0 Å². The van der Waals surface area contributed by atoms with Crippen molar-refractivity contribution in [2.24, 2.45) is 0 Å². The molecule has 1 amide bonds. The van der Waals surface area contributed by atoms with Gasteiger partial charge in [-0.1, -0.05) is 18.2 Å². The Kier molecular flexibility index (Phi) is 5.76. The second-order valence-electron chi connectivity index (χ2n) is 6.67. The second kappa shape index (κ2) is 8.21. The van der Waals surface area contributed by atoms with Gasteiger partial charge in [0.05, 0.1) is 7.11 Å². The number of hydrogen-bond donors (Lipinski definition) is 1. The first kappa shape index (κ1) is 18.2. The molecule has 0 aliphatic carbocycles. The predicted molar refractivity (Wildman–Crippen MR) is 98.1 cm³/mol. The number of benzene rings is 2. The van der Waals surface area contributed by atoms with E-state index >= 15 is 0 Å². The molecule has 1 aliphatic heterocycles. The van der Waals surface area contributed by atoms with Gasteiger partial charge < -0.3 is 14.7 Å². The van der Waals surface area contributed by atoms with Crippen molar-refractivity contribution in [2.45, 2.75) is 38.1 Å². The van der Waals surface area contributed by atoms with Crippen LogP contribution < -0.4 is 4.74 Å². The number of aryl methyl sites for hydroxylation is 1. The Bertz CT molecular complexity index is 778. The summed E-state index contributed by atoms with van der Waals surface area (Å²) in [6.45, 7) is 0.626. The predicted octanol–water partition coefficient (Wildman–Crippen LogP) is 4.17. The van der Waals surface area contributed by atoms with E-state index in [-0.39, 0.29) is 29.0 Å². The molecule has 3 rings (SSSR count). The van der Waals surface area contributed by atoms with Gasteiger partial charge in [0.1, 0.15) is 22.9 Å². The zero-order chi connectivity index (χ0) is 18.5. The van der Waals surface area contributed by atoms with Crippen LogP contribution in [0.4, 0.5) is 4.39 Å². The van der Waals surface area contributed by atoms with Crippen LogP contribution in [0.25, 0.3) is 0 Å². The maximum absolute atomic E-state index is 14.3. The molecule has 138 valence electrons. The van der Waals surface area contributed by atoms with E-state index in [0.29, 0.717) is 6.54 Å². The summed E-state index contributed by atoms with van der Waals surface area (Å²) in [6, 6.07) is 11.7. The minimum atomic E-state index is -0.549. The number of carbonyl (C=O) groups is 1. The quantitative estimate of drug-likeness (QED) is 0.874. The van der Waals surface area contributed by atoms with Crippen LogP contribution >= 0.6 is 0 Å². The Morgan fingerprint density at radius 2 is 2.08 bits per heavy atom. The summed E-state index contributed by atoms with van der Waals surface area (Å²) in [7, 11) is 1.45. The molecule has 26 heavy (non-hydrogen) atoms. The second-order valence-corrected chi connectivity index (χ2v) is 6.67. The zero-order valence-electron chi connectivity index (χ0n) is 15.0. The van der Waals surface area contributed by atoms with Crippen LogP contribution in [-0.4, -0.2) is 35.6 Å². The molecule has 4 nitrogen and oxygen atoms in total. The SMILES string of the molecule is COc1cccc(F)c1C(=O)N1CCCC[C@H]1CCc1cccc(O)c1. The van der Waals surface area contributed by atoms with E-state index < -0.39 is 5.82 Å². The van der Waals surface area contributed by atoms with Gasteiger partial charge in [-0.2, -0.15) is 0 Å². The van der Waals surface area contributed by atoms with Crippen molar-refractivity contribution in [1.82, 2.24) is 4.90 Å². The number of carbonyl (C=O) groups excluding carboxylic acids is 1. The fourth-order valence-electron chi connectivity index (χ4n) is 3.64. The lowest BCUT2D eigenvalue weighted by Gasteiger charge is -2.36. The maximum Gasteiger partial charge on any atom is 0.260 e. The third-order valence-electron chi connectivity index (χ3n) is 4.97. The summed E-state index contributed by atoms with van der Waals surface area (Å²) in [6.07, 6.45) is 4.43. The molecule has 1 N–H and O–H groups in total. The molecule has 0 aromatic heterocycles. The van der Waals surface area contributed by atoms with Crippen molar-refractivity contribution in [2.75, 3.05) is 13.7 Å². The first-order chi connectivity index (χ1) is 12.6. The molecule has 2 aromatic carbocycles. The van der Waals surface area contributed by atoms with Crippen molar-refractivity contribution in [3.63, 3.8) is 0 Å². The van der Waals surface area contributed by atoms with Gasteiger partial charge in [0.2, 0.25) is 0 Å². The van der Waals surface area contributed by atoms with Crippen LogP contribution in [0.3, 0.4) is 0 Å². The van der Waals surface area contributed by atoms with Crippen molar-refractivity contribution >= 4 is 5.91 Å². The number of methoxy groups -OCH3 is 1. The summed E-state index contributed by atoms with van der Waals surface area (Å²) >= 11 is 0. The Balaban J connectivity index is 1.77. The van der Waals surface area contributed by atoms with Crippen LogP contribution in [0.2, 0.25) is 0 Å². The lowest BCUT2D eigenvalue weighted by molar-refractivity contribution is 0.0593. The standard InChI is InChI=1S/C21H24FNO3/c1-26-19-10-5-9-18(22)20(19)21(25)23-13-3-2-7-16(23)12-11-15-6-4-8-17(24)14-15/h4-6,8-10,14,16,24H,2-3,7,11-13H2,1H3/t16-/m0/s1. The third-order valence-corrected chi connectivity index (χ3v) is 4.97. The highest BCUT2D eigenvalue weighted by atomic mass is 19.1. The van der Waals surface area contributed by atoms with E-state index in [4.69, 9.17) is 4.74 Å². The van der Waals surface area contributed by atoms with Gasteiger partial charge in [0, 0.05) is 12.6 Å². The molecule has 0 unspecified atom stereocenters. The molecule has 5 heteroatoms. The Morgan fingerprint density at radius 1 is 1.27 bits per heavy atom. The van der Waals surface area contributed by atoms with Gasteiger partial charge in [-0.15, -0.1) is 0 Å². The van der Waals surface area contributed by atoms with Crippen molar-refractivity contribution in [3.8, 4) is 11.5 Å². The van der Waals surface area contributed by atoms with Gasteiger partial charge in [-0.3, -0.25) is 4.79 Å². The number of piperidine rings is 1. The fourth-order valence-corrected chi connectivity index (χ4v) is 3.64. The molecular formula is C21H24FNO3. The summed E-state index contributed by atoms with van der Waals surface area (Å²) in [4.78, 5) is 14.8. The fraction of sp³-hybridized carbons (Fsp3) is 0.381. The van der Waals surface area contributed by atoms with Crippen LogP contribution in [-0.2, 0) is 6.42 Å². The van der Waals surface area contributed by atoms with Crippen molar-refractivity contribution in [3.05, 3.63) is 59.4 Å². The topological polar surface area (TPSA) is 49.8 Å². The lowest BCUT2D eigenvalue weighted by Crippen LogP contribution is -2.44. The molecule has 0 bridgehead atoms. The number of halogens is 1. The maximum atomic E-state index is 14.3. The average molecular weight is 357 g/mol. The minimum Gasteiger partial charge on any atom is -0.508 e. The number of phenolic OH excluding ortho intramolecular Hbond substituents is 1. The van der Waals surface area contributed by atoms with Gasteiger partial charge in [0.25, 0.3) is 5.91 Å². The summed E-state index contributed by atoms with van der Waals surface area (Å²) in [5, 5.41) is 9.61. The molecule has 0 radical (unpaired) electrons. The first-order valence-electron chi connectivity index (χ1n) is 9.01. The number of likely N-dealkylation sites (tertiary alicyclic amines) is 1. The monoisotopic (exact) mass is 357 g/mol. The Morgan fingerprint density at radius 3 is 2.85 bits per heavy atom. The molecule has 1 fully saturated rings. The summed E-state index contributed by atoms with van der Waals surface area (Å²) in [5.41, 5.74) is 1.05. The molecule has 2 aromatic rings. The smallest absolute Gasteiger partial charge is 0.260 e. The van der Waals surface area contributed by atoms with E-state index in [1.54, 1.807) is 29.2 Å². The zero-order valence-corrected chi connectivity index (χ0v) is 15.0. The van der Waals surface area contributed by atoms with E-state index in [0.717, 1.165) is 37.7 Å². The molecule has 0 saturated carbocycles. The number of amides is 1. The average Bonchev–Trinajstić information content (AvgIpc) is 2.66. The minimum absolute atomic E-state index is 0.0132. The van der Waals surface area contributed by atoms with Crippen LogP contribution in [0.15, 0.2) is 42.5 Å². The van der Waals surface area contributed by atoms with E-state index in [1.165, 1.54) is 13.2 Å². The highest BCUT2D eigenvalue weighted by Crippen LogP contribution is 2.28. The molecule has 1 heterocycles. The number of aromatic hydroxyl groups is 1. The van der Waals surface area contributed by atoms with Gasteiger partial charge in [-0.05, 0) is 61.9 Å². The number of hydrogen-bond acceptors (Lipinski definition) is 3. The van der Waals surface area contributed by atoms with E-state index in [9.17, 15) is 14.3 Å². The number of nitrogens with zero attached hydrogens (tertiary/aromatic N) is 1. The third kappa shape index (κ3) is 3.98. The molecule has 1 saturated heterocycles. The largest absolute Gasteiger partial charge is 0.508 e. The molecule has 1 atom stereocenters. The first-order valence-corrected chi connectivity index (χ1v) is 9.01. The number of rotatable bonds is 5. The summed E-state index contributed by atoms with van der Waals surface area (Å²) < 4.78 is 19.5. The number of phenols is 1. The summed E-state index contributed by atoms with van der Waals surface area (Å²) in [5.74, 6) is -0.338. The van der Waals surface area contributed by atoms with Crippen molar-refractivity contribution in [1.29, 1.82) is 0 Å². The lowest BCUT2D eigenvalue weighted by atomic mass is 9.94. The highest BCUT2D eigenvalue weighted by molar-refractivity contribution is 5.97. The normalized spacial score (nSPS) is 17.2. The van der Waals surface area contributed by atoms with Crippen molar-refractivity contribution < 1.29 is 19.0 Å². The van der Waals surface area contributed by atoms with Crippen LogP contribution in [0.5, 0.6) is 11.5 Å². The molecule has 1 aliphatic rings. The Hall–Kier alpha value is -2.56. The molecular weight excluding hydrogens is 333 g/mol. The van der Waals surface area contributed by atoms with Gasteiger partial charge in [-0.25, -0.2) is 4.39 Å². The number of ether oxygens (including phenoxy) is 1. The van der Waals surface area contributed by atoms with Crippen LogP contribution in [0, 0.1) is 5.82 Å².